The SMILES string of the molecule is CCN(CC(C)C)C(=O)Nc1cccc(C(C)O)c1. The first kappa shape index (κ1) is 15.5. The van der Waals surface area contributed by atoms with Gasteiger partial charge >= 0.3 is 6.03 Å². The number of benzene rings is 1. The van der Waals surface area contributed by atoms with Crippen LogP contribution in [0.1, 0.15) is 39.4 Å². The summed E-state index contributed by atoms with van der Waals surface area (Å²) in [4.78, 5) is 13.9. The molecular formula is C15H24N2O2. The van der Waals surface area contributed by atoms with Gasteiger partial charge in [-0.2, -0.15) is 0 Å². The minimum atomic E-state index is -0.533. The van der Waals surface area contributed by atoms with Crippen molar-refractivity contribution in [3.05, 3.63) is 29.8 Å². The summed E-state index contributed by atoms with van der Waals surface area (Å²) < 4.78 is 0. The molecule has 0 heterocycles. The molecule has 19 heavy (non-hydrogen) atoms. The van der Waals surface area contributed by atoms with E-state index in [1.807, 2.05) is 25.1 Å². The van der Waals surface area contributed by atoms with Crippen molar-refractivity contribution in [3.8, 4) is 0 Å². The van der Waals surface area contributed by atoms with Crippen LogP contribution in [0.2, 0.25) is 0 Å². The lowest BCUT2D eigenvalue weighted by Gasteiger charge is -2.23. The number of aliphatic hydroxyl groups excluding tert-OH is 1. The molecule has 2 amide bonds. The molecule has 4 nitrogen and oxygen atoms in total. The second-order valence-electron chi connectivity index (χ2n) is 5.16. The molecule has 4 heteroatoms. The largest absolute Gasteiger partial charge is 0.389 e. The number of nitrogens with zero attached hydrogens (tertiary/aromatic N) is 1. The van der Waals surface area contributed by atoms with Gasteiger partial charge in [-0.3, -0.25) is 0 Å². The van der Waals surface area contributed by atoms with Crippen LogP contribution in [0.3, 0.4) is 0 Å². The first-order valence-electron chi connectivity index (χ1n) is 6.78. The molecule has 1 rings (SSSR count). The Morgan fingerprint density at radius 2 is 2.05 bits per heavy atom. The summed E-state index contributed by atoms with van der Waals surface area (Å²) in [6, 6.07) is 7.19. The molecule has 0 bridgehead atoms. The topological polar surface area (TPSA) is 52.6 Å². The third kappa shape index (κ3) is 4.91. The van der Waals surface area contributed by atoms with Gasteiger partial charge in [-0.1, -0.05) is 26.0 Å². The molecule has 1 aromatic carbocycles. The molecule has 0 fully saturated rings. The number of hydrogen-bond donors (Lipinski definition) is 2. The van der Waals surface area contributed by atoms with E-state index in [1.165, 1.54) is 0 Å². The van der Waals surface area contributed by atoms with Crippen LogP contribution in [-0.2, 0) is 0 Å². The summed E-state index contributed by atoms with van der Waals surface area (Å²) in [5.74, 6) is 0.439. The van der Waals surface area contributed by atoms with Crippen molar-refractivity contribution >= 4 is 11.7 Å². The Morgan fingerprint density at radius 3 is 2.58 bits per heavy atom. The number of aliphatic hydroxyl groups is 1. The van der Waals surface area contributed by atoms with Crippen LogP contribution < -0.4 is 5.32 Å². The molecule has 0 aliphatic carbocycles. The maximum Gasteiger partial charge on any atom is 0.321 e. The first-order valence-corrected chi connectivity index (χ1v) is 6.78. The Bertz CT molecular complexity index is 416. The van der Waals surface area contributed by atoms with Gasteiger partial charge in [0, 0.05) is 18.8 Å². The van der Waals surface area contributed by atoms with Crippen molar-refractivity contribution in [1.29, 1.82) is 0 Å². The molecule has 2 N–H and O–H groups in total. The molecule has 1 aromatic rings. The predicted octanol–water partition coefficient (Wildman–Crippen LogP) is 3.25. The zero-order valence-corrected chi connectivity index (χ0v) is 12.2. The van der Waals surface area contributed by atoms with E-state index >= 15 is 0 Å². The summed E-state index contributed by atoms with van der Waals surface area (Å²) in [7, 11) is 0. The average molecular weight is 264 g/mol. The maximum absolute atomic E-state index is 12.1. The Hall–Kier alpha value is -1.55. The summed E-state index contributed by atoms with van der Waals surface area (Å²) >= 11 is 0. The fourth-order valence-corrected chi connectivity index (χ4v) is 1.88. The van der Waals surface area contributed by atoms with Gasteiger partial charge in [-0.25, -0.2) is 4.79 Å². The summed E-state index contributed by atoms with van der Waals surface area (Å²) in [6.45, 7) is 9.26. The number of amides is 2. The highest BCUT2D eigenvalue weighted by Crippen LogP contribution is 2.17. The second-order valence-corrected chi connectivity index (χ2v) is 5.16. The molecule has 0 aliphatic heterocycles. The Balaban J connectivity index is 2.72. The zero-order valence-electron chi connectivity index (χ0n) is 12.2. The fourth-order valence-electron chi connectivity index (χ4n) is 1.88. The van der Waals surface area contributed by atoms with Crippen molar-refractivity contribution in [2.75, 3.05) is 18.4 Å². The number of carbonyl (C=O) groups is 1. The summed E-state index contributed by atoms with van der Waals surface area (Å²) in [5, 5.41) is 12.4. The molecule has 1 unspecified atom stereocenters. The molecule has 0 radical (unpaired) electrons. The van der Waals surface area contributed by atoms with Gasteiger partial charge < -0.3 is 15.3 Å². The van der Waals surface area contributed by atoms with Gasteiger partial charge in [0.2, 0.25) is 0 Å². The maximum atomic E-state index is 12.1. The van der Waals surface area contributed by atoms with E-state index in [4.69, 9.17) is 0 Å². The lowest BCUT2D eigenvalue weighted by atomic mass is 10.1. The molecule has 0 aliphatic rings. The number of nitrogens with one attached hydrogen (secondary N) is 1. The van der Waals surface area contributed by atoms with Crippen LogP contribution >= 0.6 is 0 Å². The molecule has 0 saturated carbocycles. The number of urea groups is 1. The highest BCUT2D eigenvalue weighted by atomic mass is 16.3. The second kappa shape index (κ2) is 7.14. The fraction of sp³-hybridized carbons (Fsp3) is 0.533. The minimum absolute atomic E-state index is 0.0982. The quantitative estimate of drug-likeness (QED) is 0.857. The Morgan fingerprint density at radius 1 is 1.37 bits per heavy atom. The van der Waals surface area contributed by atoms with Crippen molar-refractivity contribution < 1.29 is 9.90 Å². The van der Waals surface area contributed by atoms with Crippen molar-refractivity contribution in [3.63, 3.8) is 0 Å². The summed E-state index contributed by atoms with van der Waals surface area (Å²) in [5.41, 5.74) is 1.51. The van der Waals surface area contributed by atoms with E-state index < -0.39 is 6.10 Å². The van der Waals surface area contributed by atoms with Gasteiger partial charge in [0.1, 0.15) is 0 Å². The standard InChI is InChI=1S/C15H24N2O2/c1-5-17(10-11(2)3)15(19)16-14-8-6-7-13(9-14)12(4)18/h6-9,11-12,18H,5,10H2,1-4H3,(H,16,19). The van der Waals surface area contributed by atoms with Crippen LogP contribution in [0.25, 0.3) is 0 Å². The molecular weight excluding hydrogens is 240 g/mol. The number of hydrogen-bond acceptors (Lipinski definition) is 2. The smallest absolute Gasteiger partial charge is 0.321 e. The average Bonchev–Trinajstić information content (AvgIpc) is 2.35. The van der Waals surface area contributed by atoms with Crippen LogP contribution in [0.4, 0.5) is 10.5 Å². The minimum Gasteiger partial charge on any atom is -0.389 e. The third-order valence-corrected chi connectivity index (χ3v) is 2.87. The highest BCUT2D eigenvalue weighted by Gasteiger charge is 2.13. The Labute approximate surface area is 115 Å². The lowest BCUT2D eigenvalue weighted by Crippen LogP contribution is -2.37. The predicted molar refractivity (Wildman–Crippen MR) is 78.2 cm³/mol. The highest BCUT2D eigenvalue weighted by molar-refractivity contribution is 5.89. The van der Waals surface area contributed by atoms with Crippen LogP contribution in [-0.4, -0.2) is 29.1 Å². The number of anilines is 1. The van der Waals surface area contributed by atoms with Gasteiger partial charge in [0.15, 0.2) is 0 Å². The zero-order chi connectivity index (χ0) is 14.4. The van der Waals surface area contributed by atoms with Gasteiger partial charge in [0.25, 0.3) is 0 Å². The first-order chi connectivity index (χ1) is 8.93. The number of carbonyl (C=O) groups excluding carboxylic acids is 1. The van der Waals surface area contributed by atoms with Crippen molar-refractivity contribution in [2.24, 2.45) is 5.92 Å². The molecule has 106 valence electrons. The van der Waals surface area contributed by atoms with Crippen molar-refractivity contribution in [2.45, 2.75) is 33.8 Å². The third-order valence-electron chi connectivity index (χ3n) is 2.87. The van der Waals surface area contributed by atoms with Crippen molar-refractivity contribution in [1.82, 2.24) is 4.90 Å². The lowest BCUT2D eigenvalue weighted by molar-refractivity contribution is 0.199. The molecule has 0 aromatic heterocycles. The summed E-state index contributed by atoms with van der Waals surface area (Å²) in [6.07, 6.45) is -0.533. The van der Waals surface area contributed by atoms with E-state index in [9.17, 15) is 9.90 Å². The van der Waals surface area contributed by atoms with E-state index in [2.05, 4.69) is 19.2 Å². The molecule has 0 saturated heterocycles. The van der Waals surface area contributed by atoms with Gasteiger partial charge in [-0.15, -0.1) is 0 Å². The van der Waals surface area contributed by atoms with E-state index in [-0.39, 0.29) is 6.03 Å². The van der Waals surface area contributed by atoms with E-state index in [0.717, 1.165) is 12.1 Å². The Kier molecular flexibility index (Phi) is 5.83. The molecule has 1 atom stereocenters. The normalized spacial score (nSPS) is 12.3. The molecule has 0 spiro atoms. The number of rotatable bonds is 5. The van der Waals surface area contributed by atoms with Gasteiger partial charge in [0.05, 0.1) is 6.10 Å². The van der Waals surface area contributed by atoms with E-state index in [1.54, 1.807) is 17.9 Å². The van der Waals surface area contributed by atoms with Crippen LogP contribution in [0.5, 0.6) is 0 Å². The van der Waals surface area contributed by atoms with E-state index in [0.29, 0.717) is 18.2 Å². The monoisotopic (exact) mass is 264 g/mol. The van der Waals surface area contributed by atoms with Gasteiger partial charge in [-0.05, 0) is 37.5 Å². The van der Waals surface area contributed by atoms with Crippen LogP contribution in [0, 0.1) is 5.92 Å². The van der Waals surface area contributed by atoms with Crippen LogP contribution in [0.15, 0.2) is 24.3 Å².